The van der Waals surface area contributed by atoms with Gasteiger partial charge in [-0.1, -0.05) is 90.6 Å². The van der Waals surface area contributed by atoms with Crippen LogP contribution in [0.15, 0.2) is 95.9 Å². The lowest BCUT2D eigenvalue weighted by atomic mass is 9.99. The highest BCUT2D eigenvalue weighted by molar-refractivity contribution is 7.99. The van der Waals surface area contributed by atoms with E-state index in [1.165, 1.54) is 18.9 Å². The Kier molecular flexibility index (Phi) is 8.73. The van der Waals surface area contributed by atoms with Gasteiger partial charge in [-0.2, -0.15) is 0 Å². The van der Waals surface area contributed by atoms with Gasteiger partial charge in [0.15, 0.2) is 6.10 Å². The molecule has 7 heteroatoms. The maximum atomic E-state index is 12.5. The molecule has 1 saturated heterocycles. The van der Waals surface area contributed by atoms with Crippen molar-refractivity contribution in [1.82, 2.24) is 0 Å². The zero-order valence-corrected chi connectivity index (χ0v) is 19.7. The molecule has 0 saturated carbocycles. The fourth-order valence-corrected chi connectivity index (χ4v) is 4.89. The molecule has 0 amide bonds. The number of aliphatic hydroxyl groups is 1. The first-order chi connectivity index (χ1) is 16.7. The summed E-state index contributed by atoms with van der Waals surface area (Å²) in [4.78, 5) is 13.4. The fourth-order valence-electron chi connectivity index (χ4n) is 3.76. The largest absolute Gasteiger partial charge is 0.467 e. The molecule has 0 spiro atoms. The number of hydrogen-bond donors (Lipinski definition) is 1. The van der Waals surface area contributed by atoms with Crippen LogP contribution in [-0.2, 0) is 37.0 Å². The minimum atomic E-state index is -1.26. The lowest BCUT2D eigenvalue weighted by molar-refractivity contribution is -0.236. The van der Waals surface area contributed by atoms with Crippen molar-refractivity contribution in [3.8, 4) is 0 Å². The topological polar surface area (TPSA) is 74.2 Å². The Balaban J connectivity index is 1.61. The van der Waals surface area contributed by atoms with Crippen molar-refractivity contribution in [2.24, 2.45) is 0 Å². The van der Waals surface area contributed by atoms with E-state index in [0.29, 0.717) is 6.61 Å². The van der Waals surface area contributed by atoms with E-state index in [9.17, 15) is 9.90 Å². The summed E-state index contributed by atoms with van der Waals surface area (Å²) in [6.45, 7) is 0.561. The molecule has 1 heterocycles. The first kappa shape index (κ1) is 24.4. The Morgan fingerprint density at radius 3 is 1.85 bits per heavy atom. The SMILES string of the molecule is COC(=O)C1O[C@@H](Sc2ccccc2)C(OCc2ccccc2)[C@H](OCc2ccccc2)[C@@H]1O. The number of esters is 1. The molecule has 1 N–H and O–H groups in total. The van der Waals surface area contributed by atoms with E-state index in [1.807, 2.05) is 91.0 Å². The molecule has 2 unspecified atom stereocenters. The summed E-state index contributed by atoms with van der Waals surface area (Å²) in [6, 6.07) is 29.1. The Labute approximate surface area is 203 Å². The van der Waals surface area contributed by atoms with Crippen LogP contribution < -0.4 is 0 Å². The number of benzene rings is 3. The van der Waals surface area contributed by atoms with E-state index in [2.05, 4.69) is 0 Å². The third-order valence-corrected chi connectivity index (χ3v) is 6.68. The Morgan fingerprint density at radius 1 is 0.824 bits per heavy atom. The van der Waals surface area contributed by atoms with Gasteiger partial charge in [0.25, 0.3) is 0 Å². The smallest absolute Gasteiger partial charge is 0.337 e. The minimum Gasteiger partial charge on any atom is -0.467 e. The molecular formula is C27H28O6S. The highest BCUT2D eigenvalue weighted by Crippen LogP contribution is 2.37. The van der Waals surface area contributed by atoms with Crippen LogP contribution in [0.5, 0.6) is 0 Å². The van der Waals surface area contributed by atoms with E-state index in [1.54, 1.807) is 0 Å². The summed E-state index contributed by atoms with van der Waals surface area (Å²) in [5, 5.41) is 11.1. The molecule has 1 fully saturated rings. The Hall–Kier alpha value is -2.68. The van der Waals surface area contributed by atoms with Gasteiger partial charge in [0.1, 0.15) is 23.7 Å². The number of thioether (sulfide) groups is 1. The molecule has 5 atom stereocenters. The highest BCUT2D eigenvalue weighted by atomic mass is 32.2. The average molecular weight is 481 g/mol. The first-order valence-electron chi connectivity index (χ1n) is 11.1. The predicted octanol–water partition coefficient (Wildman–Crippen LogP) is 4.21. The van der Waals surface area contributed by atoms with Gasteiger partial charge in [-0.05, 0) is 23.3 Å². The van der Waals surface area contributed by atoms with Crippen molar-refractivity contribution in [2.75, 3.05) is 7.11 Å². The molecule has 0 radical (unpaired) electrons. The van der Waals surface area contributed by atoms with Crippen LogP contribution >= 0.6 is 11.8 Å². The molecule has 1 aliphatic heterocycles. The van der Waals surface area contributed by atoms with Crippen LogP contribution in [0.1, 0.15) is 11.1 Å². The van der Waals surface area contributed by atoms with E-state index in [4.69, 9.17) is 18.9 Å². The second-order valence-electron chi connectivity index (χ2n) is 7.89. The fraction of sp³-hybridized carbons (Fsp3) is 0.296. The maximum absolute atomic E-state index is 12.5. The van der Waals surface area contributed by atoms with Crippen molar-refractivity contribution in [2.45, 2.75) is 48.0 Å². The predicted molar refractivity (Wildman–Crippen MR) is 129 cm³/mol. The van der Waals surface area contributed by atoms with Gasteiger partial charge in [-0.3, -0.25) is 0 Å². The molecule has 0 bridgehead atoms. The van der Waals surface area contributed by atoms with Gasteiger partial charge in [-0.15, -0.1) is 0 Å². The maximum Gasteiger partial charge on any atom is 0.337 e. The van der Waals surface area contributed by atoms with Crippen LogP contribution in [0.2, 0.25) is 0 Å². The third-order valence-electron chi connectivity index (χ3n) is 5.52. The monoisotopic (exact) mass is 480 g/mol. The standard InChI is InChI=1S/C27H28O6S/c1-30-26(29)24-22(28)23(31-17-19-11-5-2-6-12-19)25(32-18-20-13-7-3-8-14-20)27(33-24)34-21-15-9-4-10-16-21/h2-16,22-25,27-28H,17-18H2,1H3/t22-,23+,24?,25?,27-/m0/s1. The molecule has 4 rings (SSSR count). The number of rotatable bonds is 9. The van der Waals surface area contributed by atoms with Crippen LogP contribution in [0.3, 0.4) is 0 Å². The van der Waals surface area contributed by atoms with Crippen LogP contribution in [0.25, 0.3) is 0 Å². The quantitative estimate of drug-likeness (QED) is 0.460. The molecule has 0 aliphatic carbocycles. The van der Waals surface area contributed by atoms with Crippen LogP contribution in [-0.4, -0.2) is 48.0 Å². The van der Waals surface area contributed by atoms with Crippen LogP contribution in [0, 0.1) is 0 Å². The molecule has 0 aromatic heterocycles. The first-order valence-corrected chi connectivity index (χ1v) is 12.0. The van der Waals surface area contributed by atoms with Crippen molar-refractivity contribution in [3.63, 3.8) is 0 Å². The number of carbonyl (C=O) groups excluding carboxylic acids is 1. The second-order valence-corrected chi connectivity index (χ2v) is 9.06. The molecule has 3 aromatic rings. The number of hydrogen-bond acceptors (Lipinski definition) is 7. The highest BCUT2D eigenvalue weighted by Gasteiger charge is 2.50. The molecule has 178 valence electrons. The van der Waals surface area contributed by atoms with Crippen molar-refractivity contribution < 1.29 is 28.8 Å². The van der Waals surface area contributed by atoms with E-state index in [0.717, 1.165) is 16.0 Å². The summed E-state index contributed by atoms with van der Waals surface area (Å²) in [5.41, 5.74) is 1.32. The molecule has 1 aliphatic rings. The molecule has 6 nitrogen and oxygen atoms in total. The Bertz CT molecular complexity index is 1020. The summed E-state index contributed by atoms with van der Waals surface area (Å²) in [7, 11) is 1.27. The van der Waals surface area contributed by atoms with Gasteiger partial charge in [0.05, 0.1) is 20.3 Å². The van der Waals surface area contributed by atoms with Gasteiger partial charge in [-0.25, -0.2) is 4.79 Å². The number of ether oxygens (including phenoxy) is 4. The van der Waals surface area contributed by atoms with Crippen molar-refractivity contribution in [1.29, 1.82) is 0 Å². The van der Waals surface area contributed by atoms with Crippen molar-refractivity contribution in [3.05, 3.63) is 102 Å². The molecular weight excluding hydrogens is 452 g/mol. The lowest BCUT2D eigenvalue weighted by Gasteiger charge is -2.43. The van der Waals surface area contributed by atoms with E-state index >= 15 is 0 Å². The summed E-state index contributed by atoms with van der Waals surface area (Å²) < 4.78 is 23.5. The zero-order chi connectivity index (χ0) is 23.8. The molecule has 34 heavy (non-hydrogen) atoms. The van der Waals surface area contributed by atoms with E-state index < -0.39 is 35.8 Å². The summed E-state index contributed by atoms with van der Waals surface area (Å²) >= 11 is 1.42. The van der Waals surface area contributed by atoms with E-state index in [-0.39, 0.29) is 6.61 Å². The second kappa shape index (κ2) is 12.1. The average Bonchev–Trinajstić information content (AvgIpc) is 2.89. The summed E-state index contributed by atoms with van der Waals surface area (Å²) in [5.74, 6) is -0.652. The number of aliphatic hydroxyl groups excluding tert-OH is 1. The Morgan fingerprint density at radius 2 is 1.32 bits per heavy atom. The van der Waals surface area contributed by atoms with Crippen molar-refractivity contribution >= 4 is 17.7 Å². The van der Waals surface area contributed by atoms with Gasteiger partial charge in [0.2, 0.25) is 0 Å². The zero-order valence-electron chi connectivity index (χ0n) is 18.9. The van der Waals surface area contributed by atoms with Gasteiger partial charge >= 0.3 is 5.97 Å². The molecule has 3 aromatic carbocycles. The number of methoxy groups -OCH3 is 1. The summed E-state index contributed by atoms with van der Waals surface area (Å²) in [6.07, 6.45) is -3.92. The lowest BCUT2D eigenvalue weighted by Crippen LogP contribution is -2.60. The minimum absolute atomic E-state index is 0.254. The van der Waals surface area contributed by atoms with Crippen LogP contribution in [0.4, 0.5) is 0 Å². The van der Waals surface area contributed by atoms with Gasteiger partial charge in [0, 0.05) is 4.90 Å². The normalized spacial score (nSPS) is 24.5. The third kappa shape index (κ3) is 6.25. The number of carbonyl (C=O) groups is 1. The van der Waals surface area contributed by atoms with Gasteiger partial charge < -0.3 is 24.1 Å².